The molecule has 3 amide bonds. The highest BCUT2D eigenvalue weighted by Crippen LogP contribution is 2.19. The van der Waals surface area contributed by atoms with Gasteiger partial charge in [0, 0.05) is 38.2 Å². The van der Waals surface area contributed by atoms with Crippen LogP contribution in [0.3, 0.4) is 0 Å². The van der Waals surface area contributed by atoms with Gasteiger partial charge >= 0.3 is 6.03 Å². The predicted octanol–water partition coefficient (Wildman–Crippen LogP) is 3.48. The normalized spacial score (nSPS) is 12.3. The van der Waals surface area contributed by atoms with E-state index in [4.69, 9.17) is 5.73 Å². The van der Waals surface area contributed by atoms with Gasteiger partial charge in [0.1, 0.15) is 0 Å². The lowest BCUT2D eigenvalue weighted by atomic mass is 10.1. The largest absolute Gasteiger partial charge is 0.351 e. The van der Waals surface area contributed by atoms with Crippen LogP contribution >= 0.6 is 0 Å². The summed E-state index contributed by atoms with van der Waals surface area (Å²) in [5.74, 6) is 0.109. The van der Waals surface area contributed by atoms with Crippen molar-refractivity contribution >= 4 is 34.1 Å². The van der Waals surface area contributed by atoms with Crippen LogP contribution in [0.2, 0.25) is 0 Å². The van der Waals surface area contributed by atoms with Crippen molar-refractivity contribution in [3.63, 3.8) is 0 Å². The summed E-state index contributed by atoms with van der Waals surface area (Å²) in [5, 5.41) is 5.24. The Balaban J connectivity index is 2.11. The van der Waals surface area contributed by atoms with Gasteiger partial charge in [-0.3, -0.25) is 9.00 Å². The molecule has 2 rings (SSSR count). The molecule has 4 N–H and O–H groups in total. The van der Waals surface area contributed by atoms with E-state index in [0.29, 0.717) is 22.7 Å². The van der Waals surface area contributed by atoms with Crippen molar-refractivity contribution in [2.45, 2.75) is 31.3 Å². The molecule has 2 aromatic carbocycles. The van der Waals surface area contributed by atoms with Crippen molar-refractivity contribution in [3.05, 3.63) is 59.7 Å². The Bertz CT molecular complexity index is 844. The molecule has 0 saturated heterocycles. The molecule has 0 radical (unpaired) electrons. The zero-order chi connectivity index (χ0) is 19.3. The van der Waals surface area contributed by atoms with Crippen LogP contribution in [0.5, 0.6) is 0 Å². The van der Waals surface area contributed by atoms with Crippen molar-refractivity contribution in [3.8, 4) is 0 Å². The number of primary amides is 1. The molecule has 0 aromatic heterocycles. The molecular formula is C19H23N3O3S. The van der Waals surface area contributed by atoms with E-state index in [0.717, 1.165) is 5.56 Å². The molecule has 1 unspecified atom stereocenters. The smallest absolute Gasteiger partial charge is 0.316 e. The first-order valence-electron chi connectivity index (χ1n) is 8.10. The van der Waals surface area contributed by atoms with Crippen molar-refractivity contribution in [1.29, 1.82) is 0 Å². The molecule has 7 heteroatoms. The molecule has 6 nitrogen and oxygen atoms in total. The van der Waals surface area contributed by atoms with Crippen LogP contribution in [-0.4, -0.2) is 20.9 Å². The van der Waals surface area contributed by atoms with E-state index >= 15 is 0 Å². The van der Waals surface area contributed by atoms with E-state index in [1.165, 1.54) is 0 Å². The van der Waals surface area contributed by atoms with E-state index in [1.54, 1.807) is 30.3 Å². The molecule has 0 bridgehead atoms. The fourth-order valence-electron chi connectivity index (χ4n) is 2.19. The van der Waals surface area contributed by atoms with Crippen molar-refractivity contribution in [2.75, 3.05) is 10.6 Å². The molecule has 138 valence electrons. The van der Waals surface area contributed by atoms with Gasteiger partial charge in [-0.05, 0) is 56.7 Å². The van der Waals surface area contributed by atoms with Gasteiger partial charge in [0.05, 0.1) is 0 Å². The fraction of sp³-hybridized carbons (Fsp3) is 0.263. The number of hydrogen-bond donors (Lipinski definition) is 3. The van der Waals surface area contributed by atoms with E-state index in [9.17, 15) is 13.8 Å². The molecule has 0 aliphatic carbocycles. The second kappa shape index (κ2) is 8.14. The third-order valence-corrected chi connectivity index (χ3v) is 5.52. The molecule has 0 spiro atoms. The SMILES string of the molecule is CC(C)(C)S(=O)Cc1cccc(NC(=O)c2cccc(NC(N)=O)c2)c1. The summed E-state index contributed by atoms with van der Waals surface area (Å²) in [5.41, 5.74) is 7.42. The second-order valence-corrected chi connectivity index (χ2v) is 9.03. The number of amides is 3. The van der Waals surface area contributed by atoms with Gasteiger partial charge in [-0.2, -0.15) is 0 Å². The Labute approximate surface area is 155 Å². The minimum absolute atomic E-state index is 0.298. The quantitative estimate of drug-likeness (QED) is 0.748. The highest BCUT2D eigenvalue weighted by atomic mass is 32.2. The lowest BCUT2D eigenvalue weighted by Crippen LogP contribution is -2.23. The van der Waals surface area contributed by atoms with Crippen LogP contribution in [0, 0.1) is 0 Å². The Morgan fingerprint density at radius 1 is 1.00 bits per heavy atom. The van der Waals surface area contributed by atoms with Gasteiger partial charge in [0.25, 0.3) is 5.91 Å². The topological polar surface area (TPSA) is 101 Å². The summed E-state index contributed by atoms with van der Waals surface area (Å²) in [4.78, 5) is 23.4. The summed E-state index contributed by atoms with van der Waals surface area (Å²) in [7, 11) is -1.02. The first-order chi connectivity index (χ1) is 12.1. The summed E-state index contributed by atoms with van der Waals surface area (Å²) >= 11 is 0. The molecule has 2 aromatic rings. The zero-order valence-corrected chi connectivity index (χ0v) is 15.9. The minimum atomic E-state index is -1.02. The molecule has 0 saturated carbocycles. The molecule has 0 fully saturated rings. The first-order valence-corrected chi connectivity index (χ1v) is 9.42. The summed E-state index contributed by atoms with van der Waals surface area (Å²) < 4.78 is 12.0. The Morgan fingerprint density at radius 3 is 2.23 bits per heavy atom. The number of carbonyl (C=O) groups excluding carboxylic acids is 2. The average Bonchev–Trinajstić information content (AvgIpc) is 2.54. The number of nitrogens with one attached hydrogen (secondary N) is 2. The first kappa shape index (κ1) is 19.7. The van der Waals surface area contributed by atoms with E-state index in [-0.39, 0.29) is 10.7 Å². The second-order valence-electron chi connectivity index (χ2n) is 6.83. The number of hydrogen-bond acceptors (Lipinski definition) is 3. The van der Waals surface area contributed by atoms with Crippen molar-refractivity contribution in [2.24, 2.45) is 5.73 Å². The molecule has 26 heavy (non-hydrogen) atoms. The van der Waals surface area contributed by atoms with Gasteiger partial charge in [-0.25, -0.2) is 4.79 Å². The Kier molecular flexibility index (Phi) is 6.15. The van der Waals surface area contributed by atoms with Crippen LogP contribution in [0.25, 0.3) is 0 Å². The number of carbonyl (C=O) groups is 2. The molecule has 0 aliphatic rings. The van der Waals surface area contributed by atoms with Crippen LogP contribution in [0.1, 0.15) is 36.7 Å². The number of urea groups is 1. The fourth-order valence-corrected chi connectivity index (χ4v) is 3.11. The Hall–Kier alpha value is -2.67. The van der Waals surface area contributed by atoms with Crippen LogP contribution in [0.4, 0.5) is 16.2 Å². The Morgan fingerprint density at radius 2 is 1.62 bits per heavy atom. The van der Waals surface area contributed by atoms with Crippen LogP contribution in [-0.2, 0) is 16.6 Å². The van der Waals surface area contributed by atoms with Gasteiger partial charge in [-0.15, -0.1) is 0 Å². The lowest BCUT2D eigenvalue weighted by molar-refractivity contribution is 0.102. The summed E-state index contributed by atoms with van der Waals surface area (Å²) in [6.45, 7) is 5.80. The maximum atomic E-state index is 12.4. The monoisotopic (exact) mass is 373 g/mol. The minimum Gasteiger partial charge on any atom is -0.351 e. The third-order valence-electron chi connectivity index (χ3n) is 3.56. The number of rotatable bonds is 5. The predicted molar refractivity (Wildman–Crippen MR) is 106 cm³/mol. The molecule has 0 aliphatic heterocycles. The molecule has 0 heterocycles. The standard InChI is InChI=1S/C19H23N3O3S/c1-19(2,3)26(25)12-13-6-4-8-15(10-13)21-17(23)14-7-5-9-16(11-14)22-18(20)24/h4-11H,12H2,1-3H3,(H,21,23)(H3,20,22,24). The highest BCUT2D eigenvalue weighted by molar-refractivity contribution is 7.85. The van der Waals surface area contributed by atoms with E-state index in [1.807, 2.05) is 39.0 Å². The van der Waals surface area contributed by atoms with E-state index < -0.39 is 16.8 Å². The van der Waals surface area contributed by atoms with Crippen molar-refractivity contribution < 1.29 is 13.8 Å². The van der Waals surface area contributed by atoms with Gasteiger partial charge < -0.3 is 16.4 Å². The summed E-state index contributed by atoms with van der Waals surface area (Å²) in [6, 6.07) is 13.1. The summed E-state index contributed by atoms with van der Waals surface area (Å²) in [6.07, 6.45) is 0. The zero-order valence-electron chi connectivity index (χ0n) is 15.0. The van der Waals surface area contributed by atoms with Crippen molar-refractivity contribution in [1.82, 2.24) is 0 Å². The van der Waals surface area contributed by atoms with Gasteiger partial charge in [0.2, 0.25) is 0 Å². The van der Waals surface area contributed by atoms with E-state index in [2.05, 4.69) is 10.6 Å². The van der Waals surface area contributed by atoms with Crippen LogP contribution in [0.15, 0.2) is 48.5 Å². The van der Waals surface area contributed by atoms with Gasteiger partial charge in [-0.1, -0.05) is 18.2 Å². The molecule has 1 atom stereocenters. The van der Waals surface area contributed by atoms with Crippen LogP contribution < -0.4 is 16.4 Å². The number of anilines is 2. The highest BCUT2D eigenvalue weighted by Gasteiger charge is 2.19. The maximum absolute atomic E-state index is 12.4. The molecular weight excluding hydrogens is 350 g/mol. The maximum Gasteiger partial charge on any atom is 0.316 e. The number of nitrogens with two attached hydrogens (primary N) is 1. The number of benzene rings is 2. The van der Waals surface area contributed by atoms with Gasteiger partial charge in [0.15, 0.2) is 0 Å². The lowest BCUT2D eigenvalue weighted by Gasteiger charge is -2.18. The third kappa shape index (κ3) is 5.70. The average molecular weight is 373 g/mol.